The minimum Gasteiger partial charge on any atom is -0.338 e. The van der Waals surface area contributed by atoms with Crippen LogP contribution >= 0.6 is 0 Å². The molecule has 3 heteroatoms. The van der Waals surface area contributed by atoms with E-state index in [1.165, 1.54) is 17.2 Å². The molecule has 0 N–H and O–H groups in total. The molecule has 1 aliphatic rings. The number of benzene rings is 2. The van der Waals surface area contributed by atoms with Crippen LogP contribution in [0.5, 0.6) is 0 Å². The molecule has 0 saturated heterocycles. The van der Waals surface area contributed by atoms with E-state index in [1.807, 2.05) is 19.2 Å². The van der Waals surface area contributed by atoms with Crippen LogP contribution in [0.4, 0.5) is 4.39 Å². The lowest BCUT2D eigenvalue weighted by Crippen LogP contribution is -2.31. The van der Waals surface area contributed by atoms with Gasteiger partial charge in [-0.1, -0.05) is 42.5 Å². The summed E-state index contributed by atoms with van der Waals surface area (Å²) >= 11 is 0. The zero-order valence-corrected chi connectivity index (χ0v) is 12.1. The maximum atomic E-state index is 13.7. The van der Waals surface area contributed by atoms with E-state index >= 15 is 0 Å². The van der Waals surface area contributed by atoms with Gasteiger partial charge in [0.15, 0.2) is 0 Å². The van der Waals surface area contributed by atoms with Crippen molar-refractivity contribution in [1.29, 1.82) is 0 Å². The number of carbonyl (C=O) groups excluding carboxylic acids is 1. The molecule has 0 saturated carbocycles. The lowest BCUT2D eigenvalue weighted by molar-refractivity contribution is -0.131. The summed E-state index contributed by atoms with van der Waals surface area (Å²) in [6.07, 6.45) is 2.05. The largest absolute Gasteiger partial charge is 0.338 e. The topological polar surface area (TPSA) is 20.3 Å². The third-order valence-electron chi connectivity index (χ3n) is 4.26. The van der Waals surface area contributed by atoms with Gasteiger partial charge in [0.1, 0.15) is 5.82 Å². The van der Waals surface area contributed by atoms with E-state index in [1.54, 1.807) is 23.1 Å². The highest BCUT2D eigenvalue weighted by molar-refractivity contribution is 5.79. The molecule has 1 amide bonds. The SMILES string of the molecule is CN(C(=O)Cc1ccccc1F)C1CCc2ccccc21. The van der Waals surface area contributed by atoms with Gasteiger partial charge in [0.25, 0.3) is 0 Å². The second-order valence-corrected chi connectivity index (χ2v) is 5.53. The number of likely N-dealkylation sites (N-methyl/N-ethyl adjacent to an activating group) is 1. The number of fused-ring (bicyclic) bond motifs is 1. The van der Waals surface area contributed by atoms with Gasteiger partial charge in [-0.3, -0.25) is 4.79 Å². The zero-order chi connectivity index (χ0) is 14.8. The molecule has 0 aromatic heterocycles. The van der Waals surface area contributed by atoms with Crippen molar-refractivity contribution in [1.82, 2.24) is 4.90 Å². The highest BCUT2D eigenvalue weighted by Crippen LogP contribution is 2.35. The Morgan fingerprint density at radius 1 is 1.19 bits per heavy atom. The quantitative estimate of drug-likeness (QED) is 0.844. The molecule has 0 radical (unpaired) electrons. The van der Waals surface area contributed by atoms with E-state index in [2.05, 4.69) is 12.1 Å². The molecule has 1 unspecified atom stereocenters. The van der Waals surface area contributed by atoms with Gasteiger partial charge in [-0.25, -0.2) is 4.39 Å². The van der Waals surface area contributed by atoms with Gasteiger partial charge in [0.2, 0.25) is 5.91 Å². The Morgan fingerprint density at radius 3 is 2.71 bits per heavy atom. The van der Waals surface area contributed by atoms with E-state index in [0.717, 1.165) is 12.8 Å². The molecule has 0 aliphatic heterocycles. The van der Waals surface area contributed by atoms with Crippen LogP contribution in [0.15, 0.2) is 48.5 Å². The fourth-order valence-corrected chi connectivity index (χ4v) is 3.04. The molecule has 3 rings (SSSR count). The molecule has 0 bridgehead atoms. The summed E-state index contributed by atoms with van der Waals surface area (Å²) in [6.45, 7) is 0. The molecule has 0 fully saturated rings. The summed E-state index contributed by atoms with van der Waals surface area (Å²) in [6, 6.07) is 14.8. The predicted octanol–water partition coefficient (Wildman–Crippen LogP) is 3.51. The van der Waals surface area contributed by atoms with Gasteiger partial charge in [-0.05, 0) is 35.6 Å². The Bertz CT molecular complexity index is 668. The third kappa shape index (κ3) is 2.68. The van der Waals surface area contributed by atoms with E-state index in [4.69, 9.17) is 0 Å². The number of hydrogen-bond donors (Lipinski definition) is 0. The van der Waals surface area contributed by atoms with E-state index < -0.39 is 0 Å². The standard InChI is InChI=1S/C18H18FNO/c1-20(17-11-10-13-6-2-4-8-15(13)17)18(21)12-14-7-3-5-9-16(14)19/h2-9,17H,10-12H2,1H3. The van der Waals surface area contributed by atoms with Crippen LogP contribution in [-0.4, -0.2) is 17.9 Å². The number of hydrogen-bond acceptors (Lipinski definition) is 1. The minimum absolute atomic E-state index is 0.0400. The number of rotatable bonds is 3. The van der Waals surface area contributed by atoms with E-state index in [-0.39, 0.29) is 24.2 Å². The van der Waals surface area contributed by atoms with Gasteiger partial charge in [-0.2, -0.15) is 0 Å². The van der Waals surface area contributed by atoms with E-state index in [9.17, 15) is 9.18 Å². The second kappa shape index (κ2) is 5.68. The molecule has 0 spiro atoms. The summed E-state index contributed by atoms with van der Waals surface area (Å²) in [5.74, 6) is -0.354. The van der Waals surface area contributed by atoms with Crippen molar-refractivity contribution < 1.29 is 9.18 Å². The first-order chi connectivity index (χ1) is 10.2. The fraction of sp³-hybridized carbons (Fsp3) is 0.278. The maximum Gasteiger partial charge on any atom is 0.227 e. The third-order valence-corrected chi connectivity index (χ3v) is 4.26. The summed E-state index contributed by atoms with van der Waals surface area (Å²) < 4.78 is 13.7. The Kier molecular flexibility index (Phi) is 3.74. The Hall–Kier alpha value is -2.16. The first-order valence-electron chi connectivity index (χ1n) is 7.23. The van der Waals surface area contributed by atoms with Crippen LogP contribution in [-0.2, 0) is 17.6 Å². The van der Waals surface area contributed by atoms with Crippen molar-refractivity contribution in [2.75, 3.05) is 7.05 Å². The zero-order valence-electron chi connectivity index (χ0n) is 12.1. The molecule has 108 valence electrons. The molecule has 2 aromatic rings. The molecule has 21 heavy (non-hydrogen) atoms. The molecule has 2 aromatic carbocycles. The van der Waals surface area contributed by atoms with Crippen LogP contribution in [0, 0.1) is 5.82 Å². The first-order valence-corrected chi connectivity index (χ1v) is 7.23. The summed E-state index contributed by atoms with van der Waals surface area (Å²) in [7, 11) is 1.82. The van der Waals surface area contributed by atoms with Gasteiger partial charge in [0.05, 0.1) is 12.5 Å². The maximum absolute atomic E-state index is 13.7. The van der Waals surface area contributed by atoms with Crippen LogP contribution in [0.25, 0.3) is 0 Å². The Morgan fingerprint density at radius 2 is 1.90 bits per heavy atom. The van der Waals surface area contributed by atoms with Crippen LogP contribution in [0.2, 0.25) is 0 Å². The highest BCUT2D eigenvalue weighted by Gasteiger charge is 2.28. The number of carbonyl (C=O) groups is 1. The number of halogens is 1. The van der Waals surface area contributed by atoms with Crippen molar-refractivity contribution in [3.8, 4) is 0 Å². The second-order valence-electron chi connectivity index (χ2n) is 5.53. The van der Waals surface area contributed by atoms with Crippen LogP contribution in [0.1, 0.15) is 29.2 Å². The van der Waals surface area contributed by atoms with Gasteiger partial charge in [0, 0.05) is 7.05 Å². The molecule has 2 nitrogen and oxygen atoms in total. The average Bonchev–Trinajstić information content (AvgIpc) is 2.92. The molecule has 0 heterocycles. The Labute approximate surface area is 124 Å². The van der Waals surface area contributed by atoms with Crippen molar-refractivity contribution in [3.05, 3.63) is 71.0 Å². The number of aryl methyl sites for hydroxylation is 1. The van der Waals surface area contributed by atoms with Crippen molar-refractivity contribution in [2.24, 2.45) is 0 Å². The van der Waals surface area contributed by atoms with Crippen molar-refractivity contribution in [3.63, 3.8) is 0 Å². The fourth-order valence-electron chi connectivity index (χ4n) is 3.04. The molecule has 1 atom stereocenters. The molecular formula is C18H18FNO. The lowest BCUT2D eigenvalue weighted by atomic mass is 10.1. The number of nitrogens with zero attached hydrogens (tertiary/aromatic N) is 1. The normalized spacial score (nSPS) is 16.6. The highest BCUT2D eigenvalue weighted by atomic mass is 19.1. The summed E-state index contributed by atoms with van der Waals surface area (Å²) in [5.41, 5.74) is 3.00. The molecule has 1 aliphatic carbocycles. The van der Waals surface area contributed by atoms with Crippen molar-refractivity contribution >= 4 is 5.91 Å². The molecular weight excluding hydrogens is 265 g/mol. The van der Waals surface area contributed by atoms with Crippen LogP contribution in [0.3, 0.4) is 0 Å². The summed E-state index contributed by atoms with van der Waals surface area (Å²) in [4.78, 5) is 14.2. The predicted molar refractivity (Wildman–Crippen MR) is 80.4 cm³/mol. The van der Waals surface area contributed by atoms with Gasteiger partial charge in [-0.15, -0.1) is 0 Å². The average molecular weight is 283 g/mol. The number of amides is 1. The summed E-state index contributed by atoms with van der Waals surface area (Å²) in [5, 5.41) is 0. The van der Waals surface area contributed by atoms with Gasteiger partial charge >= 0.3 is 0 Å². The van der Waals surface area contributed by atoms with Gasteiger partial charge < -0.3 is 4.90 Å². The Balaban J connectivity index is 1.76. The van der Waals surface area contributed by atoms with E-state index in [0.29, 0.717) is 5.56 Å². The lowest BCUT2D eigenvalue weighted by Gasteiger charge is -2.25. The first kappa shape index (κ1) is 13.8. The minimum atomic E-state index is -0.314. The van der Waals surface area contributed by atoms with Crippen molar-refractivity contribution in [2.45, 2.75) is 25.3 Å². The van der Waals surface area contributed by atoms with Crippen LogP contribution < -0.4 is 0 Å². The smallest absolute Gasteiger partial charge is 0.227 e. The monoisotopic (exact) mass is 283 g/mol.